The van der Waals surface area contributed by atoms with Crippen LogP contribution in [0.3, 0.4) is 0 Å². The van der Waals surface area contributed by atoms with Gasteiger partial charge in [-0.25, -0.2) is 0 Å². The molecule has 0 unspecified atom stereocenters. The fraction of sp³-hybridized carbons (Fsp3) is 0.333. The largest absolute Gasteiger partial charge is 0.368 e. The standard InChI is InChI=1S/C21H22N6O3/c28-20(18-6-8-22-30-18)27-9-7-17-16(14-27)19(24-23-17)21(29)26-12-10-25(11-13-26)15-4-2-1-3-5-15/h1-6,8H,7,9-14H2,(H,23,24). The molecular formula is C21H22N6O3. The van der Waals surface area contributed by atoms with Gasteiger partial charge >= 0.3 is 0 Å². The molecular weight excluding hydrogens is 384 g/mol. The lowest BCUT2D eigenvalue weighted by Crippen LogP contribution is -2.49. The van der Waals surface area contributed by atoms with Gasteiger partial charge in [0.1, 0.15) is 0 Å². The molecule has 0 bridgehead atoms. The van der Waals surface area contributed by atoms with Crippen molar-refractivity contribution in [1.29, 1.82) is 0 Å². The molecule has 154 valence electrons. The van der Waals surface area contributed by atoms with E-state index in [9.17, 15) is 9.59 Å². The zero-order valence-electron chi connectivity index (χ0n) is 16.5. The van der Waals surface area contributed by atoms with Crippen molar-refractivity contribution < 1.29 is 14.1 Å². The molecule has 1 fully saturated rings. The van der Waals surface area contributed by atoms with Gasteiger partial charge in [-0.05, 0) is 12.1 Å². The maximum atomic E-state index is 13.2. The van der Waals surface area contributed by atoms with Crippen molar-refractivity contribution in [2.75, 3.05) is 37.6 Å². The summed E-state index contributed by atoms with van der Waals surface area (Å²) in [5.41, 5.74) is 3.30. The molecule has 1 saturated heterocycles. The van der Waals surface area contributed by atoms with Crippen LogP contribution in [0.1, 0.15) is 32.3 Å². The number of nitrogens with zero attached hydrogens (tertiary/aromatic N) is 5. The van der Waals surface area contributed by atoms with Gasteiger partial charge < -0.3 is 19.2 Å². The molecule has 2 aliphatic rings. The van der Waals surface area contributed by atoms with Crippen molar-refractivity contribution in [3.05, 3.63) is 65.3 Å². The summed E-state index contributed by atoms with van der Waals surface area (Å²) >= 11 is 0. The highest BCUT2D eigenvalue weighted by atomic mass is 16.5. The molecule has 9 heteroatoms. The van der Waals surface area contributed by atoms with Crippen molar-refractivity contribution in [1.82, 2.24) is 25.2 Å². The number of amides is 2. The Morgan fingerprint density at radius 2 is 1.73 bits per heavy atom. The van der Waals surface area contributed by atoms with Gasteiger partial charge in [0.05, 0.1) is 12.7 Å². The highest BCUT2D eigenvalue weighted by molar-refractivity contribution is 5.95. The van der Waals surface area contributed by atoms with Crippen LogP contribution >= 0.6 is 0 Å². The normalized spacial score (nSPS) is 16.5. The van der Waals surface area contributed by atoms with Gasteiger partial charge in [0.25, 0.3) is 11.8 Å². The molecule has 0 radical (unpaired) electrons. The first-order valence-corrected chi connectivity index (χ1v) is 10.1. The van der Waals surface area contributed by atoms with Gasteiger partial charge in [0, 0.05) is 62.2 Å². The molecule has 3 aromatic rings. The summed E-state index contributed by atoms with van der Waals surface area (Å²) < 4.78 is 4.99. The van der Waals surface area contributed by atoms with Gasteiger partial charge in [-0.15, -0.1) is 0 Å². The van der Waals surface area contributed by atoms with Crippen LogP contribution in [0.15, 0.2) is 47.1 Å². The number of carbonyl (C=O) groups is 2. The third kappa shape index (κ3) is 3.32. The lowest BCUT2D eigenvalue weighted by molar-refractivity contribution is 0.0680. The van der Waals surface area contributed by atoms with E-state index in [-0.39, 0.29) is 17.6 Å². The Hall–Kier alpha value is -3.62. The Kier molecular flexibility index (Phi) is 4.70. The molecule has 4 heterocycles. The minimum absolute atomic E-state index is 0.0887. The van der Waals surface area contributed by atoms with Crippen LogP contribution in [-0.4, -0.2) is 69.7 Å². The molecule has 2 aromatic heterocycles. The Balaban J connectivity index is 1.28. The average molecular weight is 406 g/mol. The van der Waals surface area contributed by atoms with E-state index in [1.165, 1.54) is 11.9 Å². The second-order valence-electron chi connectivity index (χ2n) is 7.50. The van der Waals surface area contributed by atoms with Crippen molar-refractivity contribution in [2.45, 2.75) is 13.0 Å². The first-order valence-electron chi connectivity index (χ1n) is 10.1. The smallest absolute Gasteiger partial charge is 0.292 e. The number of aromatic amines is 1. The van der Waals surface area contributed by atoms with Crippen molar-refractivity contribution in [3.63, 3.8) is 0 Å². The number of fused-ring (bicyclic) bond motifs is 1. The number of anilines is 1. The third-order valence-electron chi connectivity index (χ3n) is 5.76. The molecule has 5 rings (SSSR count). The first kappa shape index (κ1) is 18.4. The van der Waals surface area contributed by atoms with E-state index in [0.29, 0.717) is 38.3 Å². The van der Waals surface area contributed by atoms with E-state index in [2.05, 4.69) is 32.4 Å². The van der Waals surface area contributed by atoms with E-state index in [1.54, 1.807) is 11.0 Å². The highest BCUT2D eigenvalue weighted by Crippen LogP contribution is 2.24. The summed E-state index contributed by atoms with van der Waals surface area (Å²) in [6.07, 6.45) is 2.07. The summed E-state index contributed by atoms with van der Waals surface area (Å²) in [6, 6.07) is 11.8. The van der Waals surface area contributed by atoms with Gasteiger partial charge in [0.15, 0.2) is 5.69 Å². The number of nitrogens with one attached hydrogen (secondary N) is 1. The minimum Gasteiger partial charge on any atom is -0.368 e. The molecule has 1 aromatic carbocycles. The van der Waals surface area contributed by atoms with Crippen LogP contribution in [0.25, 0.3) is 0 Å². The van der Waals surface area contributed by atoms with Crippen LogP contribution in [0.5, 0.6) is 0 Å². The second-order valence-corrected chi connectivity index (χ2v) is 7.50. The fourth-order valence-corrected chi connectivity index (χ4v) is 4.08. The quantitative estimate of drug-likeness (QED) is 0.709. The number of piperazine rings is 1. The SMILES string of the molecule is O=C(c1ccno1)N1CCc2[nH]nc(C(=O)N3CCN(c4ccccc4)CC3)c2C1. The number of carbonyl (C=O) groups excluding carboxylic acids is 2. The van der Waals surface area contributed by atoms with Crippen molar-refractivity contribution >= 4 is 17.5 Å². The van der Waals surface area contributed by atoms with Crippen LogP contribution < -0.4 is 4.90 Å². The number of aromatic nitrogens is 3. The maximum Gasteiger partial charge on any atom is 0.292 e. The lowest BCUT2D eigenvalue weighted by atomic mass is 10.0. The number of H-pyrrole nitrogens is 1. The number of hydrogen-bond acceptors (Lipinski definition) is 6. The summed E-state index contributed by atoms with van der Waals surface area (Å²) in [7, 11) is 0. The molecule has 2 aliphatic heterocycles. The van der Waals surface area contributed by atoms with Gasteiger partial charge in [-0.1, -0.05) is 23.4 Å². The summed E-state index contributed by atoms with van der Waals surface area (Å²) in [5, 5.41) is 10.9. The Morgan fingerprint density at radius 1 is 0.933 bits per heavy atom. The maximum absolute atomic E-state index is 13.2. The minimum atomic E-state index is -0.228. The van der Waals surface area contributed by atoms with E-state index in [0.717, 1.165) is 24.3 Å². The molecule has 9 nitrogen and oxygen atoms in total. The predicted molar refractivity (Wildman–Crippen MR) is 108 cm³/mol. The van der Waals surface area contributed by atoms with Gasteiger partial charge in [-0.2, -0.15) is 5.10 Å². The molecule has 0 atom stereocenters. The Bertz CT molecular complexity index is 1040. The lowest BCUT2D eigenvalue weighted by Gasteiger charge is -2.36. The zero-order valence-corrected chi connectivity index (χ0v) is 16.5. The van der Waals surface area contributed by atoms with Crippen molar-refractivity contribution in [2.24, 2.45) is 0 Å². The van der Waals surface area contributed by atoms with Gasteiger partial charge in [-0.3, -0.25) is 14.7 Å². The highest BCUT2D eigenvalue weighted by Gasteiger charge is 2.32. The molecule has 30 heavy (non-hydrogen) atoms. The second kappa shape index (κ2) is 7.66. The Labute approximate surface area is 173 Å². The third-order valence-corrected chi connectivity index (χ3v) is 5.76. The van der Waals surface area contributed by atoms with E-state index >= 15 is 0 Å². The molecule has 2 amide bonds. The van der Waals surface area contributed by atoms with E-state index in [1.807, 2.05) is 23.1 Å². The van der Waals surface area contributed by atoms with Crippen LogP contribution in [-0.2, 0) is 13.0 Å². The monoisotopic (exact) mass is 406 g/mol. The Morgan fingerprint density at radius 3 is 2.47 bits per heavy atom. The van der Waals surface area contributed by atoms with Crippen LogP contribution in [0.4, 0.5) is 5.69 Å². The number of rotatable bonds is 3. The number of hydrogen-bond donors (Lipinski definition) is 1. The first-order chi connectivity index (χ1) is 14.7. The van der Waals surface area contributed by atoms with Crippen LogP contribution in [0, 0.1) is 0 Å². The average Bonchev–Trinajstić information content (AvgIpc) is 3.49. The van der Waals surface area contributed by atoms with Crippen molar-refractivity contribution in [3.8, 4) is 0 Å². The summed E-state index contributed by atoms with van der Waals surface area (Å²) in [4.78, 5) is 31.6. The van der Waals surface area contributed by atoms with E-state index in [4.69, 9.17) is 4.52 Å². The fourth-order valence-electron chi connectivity index (χ4n) is 4.08. The van der Waals surface area contributed by atoms with E-state index < -0.39 is 0 Å². The predicted octanol–water partition coefficient (Wildman–Crippen LogP) is 1.56. The topological polar surface area (TPSA) is 98.6 Å². The van der Waals surface area contributed by atoms with Crippen LogP contribution in [0.2, 0.25) is 0 Å². The summed E-state index contributed by atoms with van der Waals surface area (Å²) in [6.45, 7) is 3.69. The van der Waals surface area contributed by atoms with Gasteiger partial charge in [0.2, 0.25) is 5.76 Å². The summed E-state index contributed by atoms with van der Waals surface area (Å²) in [5.74, 6) is -0.116. The zero-order chi connectivity index (χ0) is 20.5. The molecule has 0 aliphatic carbocycles. The number of benzene rings is 1. The molecule has 0 spiro atoms. The molecule has 1 N–H and O–H groups in total. The number of para-hydroxylation sites is 1. The molecule has 0 saturated carbocycles.